The molecule has 0 amide bonds. The first kappa shape index (κ1) is 18.4. The Morgan fingerprint density at radius 3 is 0.950 bits per heavy atom. The maximum Gasteiger partial charge on any atom is 0.0785 e. The summed E-state index contributed by atoms with van der Waals surface area (Å²) in [6, 6.07) is 21.0. The van der Waals surface area contributed by atoms with Crippen LogP contribution in [0.4, 0.5) is 4.39 Å². The first-order chi connectivity index (χ1) is 9.61. The summed E-state index contributed by atoms with van der Waals surface area (Å²) < 4.78 is 9.50. The molecule has 0 heterocycles. The van der Waals surface area contributed by atoms with Gasteiger partial charge in [0, 0.05) is 0 Å². The topological polar surface area (TPSA) is 0 Å². The lowest BCUT2D eigenvalue weighted by Gasteiger charge is -2.01. The van der Waals surface area contributed by atoms with E-state index in [4.69, 9.17) is 0 Å². The lowest BCUT2D eigenvalue weighted by molar-refractivity contribution is 0.636. The van der Waals surface area contributed by atoms with Crippen LogP contribution < -0.4 is 0 Å². The Bertz CT molecular complexity index is 375. The molecule has 20 heavy (non-hydrogen) atoms. The van der Waals surface area contributed by atoms with Crippen molar-refractivity contribution in [3.05, 3.63) is 71.8 Å². The van der Waals surface area contributed by atoms with Crippen molar-refractivity contribution in [3.63, 3.8) is 0 Å². The van der Waals surface area contributed by atoms with Crippen LogP contribution in [0.15, 0.2) is 60.7 Å². The third kappa shape index (κ3) is 7.73. The minimum absolute atomic E-state index is 0.500. The highest BCUT2D eigenvalue weighted by atomic mass is 19.1. The Labute approximate surface area is 123 Å². The van der Waals surface area contributed by atoms with Crippen LogP contribution in [-0.4, -0.2) is 7.18 Å². The molecule has 2 aromatic carbocycles. The van der Waals surface area contributed by atoms with Gasteiger partial charge in [0.1, 0.15) is 0 Å². The van der Waals surface area contributed by atoms with Gasteiger partial charge in [0.2, 0.25) is 0 Å². The second-order valence-corrected chi connectivity index (χ2v) is 5.13. The summed E-state index contributed by atoms with van der Waals surface area (Å²) >= 11 is 0. The summed E-state index contributed by atoms with van der Waals surface area (Å²) in [6.45, 7) is 8.81. The quantitative estimate of drug-likeness (QED) is 0.611. The lowest BCUT2D eigenvalue weighted by Crippen LogP contribution is -1.83. The normalized spacial score (nSPS) is 9.40. The molecular weight excluding hydrogens is 247 g/mol. The molecule has 0 spiro atoms. The highest BCUT2D eigenvalue weighted by Gasteiger charge is 1.94. The van der Waals surface area contributed by atoms with Crippen molar-refractivity contribution >= 4 is 0 Å². The van der Waals surface area contributed by atoms with Crippen LogP contribution in [0.5, 0.6) is 0 Å². The van der Waals surface area contributed by atoms with Gasteiger partial charge in [0.25, 0.3) is 0 Å². The second kappa shape index (κ2) is 11.2. The Morgan fingerprint density at radius 1 is 0.550 bits per heavy atom. The summed E-state index contributed by atoms with van der Waals surface area (Å²) in [5.41, 5.74) is 2.83. The van der Waals surface area contributed by atoms with Gasteiger partial charge in [-0.3, -0.25) is 4.39 Å². The average Bonchev–Trinajstić information content (AvgIpc) is 2.51. The first-order valence-electron chi connectivity index (χ1n) is 7.09. The number of benzene rings is 2. The minimum atomic E-state index is 0.500. The number of alkyl halides is 1. The molecule has 0 N–H and O–H groups in total. The molecule has 0 aliphatic carbocycles. The molecule has 0 bridgehead atoms. The summed E-state index contributed by atoms with van der Waals surface area (Å²) in [4.78, 5) is 0. The van der Waals surface area contributed by atoms with E-state index in [1.807, 2.05) is 12.1 Å². The molecule has 0 aromatic heterocycles. The largest absolute Gasteiger partial charge is 0.255 e. The van der Waals surface area contributed by atoms with E-state index in [0.717, 1.165) is 0 Å². The van der Waals surface area contributed by atoms with Crippen molar-refractivity contribution in [2.24, 2.45) is 0 Å². The molecular formula is C19H27F. The fourth-order valence-corrected chi connectivity index (χ4v) is 1.68. The van der Waals surface area contributed by atoms with Gasteiger partial charge < -0.3 is 0 Å². The van der Waals surface area contributed by atoms with Gasteiger partial charge in [0.05, 0.1) is 7.18 Å². The molecule has 0 aliphatic heterocycles. The third-order valence-corrected chi connectivity index (χ3v) is 2.93. The molecule has 0 saturated heterocycles. The van der Waals surface area contributed by atoms with Crippen molar-refractivity contribution in [2.75, 3.05) is 7.18 Å². The monoisotopic (exact) mass is 274 g/mol. The summed E-state index contributed by atoms with van der Waals surface area (Å²) in [5, 5.41) is 0. The fourth-order valence-electron chi connectivity index (χ4n) is 1.68. The summed E-state index contributed by atoms with van der Waals surface area (Å²) in [5.74, 6) is 1.32. The maximum absolute atomic E-state index is 9.50. The van der Waals surface area contributed by atoms with E-state index >= 15 is 0 Å². The van der Waals surface area contributed by atoms with Crippen molar-refractivity contribution in [2.45, 2.75) is 39.5 Å². The van der Waals surface area contributed by atoms with Crippen molar-refractivity contribution in [1.82, 2.24) is 0 Å². The molecule has 0 saturated carbocycles. The van der Waals surface area contributed by atoms with Gasteiger partial charge in [0.15, 0.2) is 0 Å². The van der Waals surface area contributed by atoms with Crippen LogP contribution >= 0.6 is 0 Å². The van der Waals surface area contributed by atoms with Crippen LogP contribution in [0.25, 0.3) is 0 Å². The Hall–Kier alpha value is -1.63. The van der Waals surface area contributed by atoms with Gasteiger partial charge in [-0.1, -0.05) is 88.4 Å². The summed E-state index contributed by atoms with van der Waals surface area (Å²) in [7, 11) is 0.500. The highest BCUT2D eigenvalue weighted by molar-refractivity contribution is 5.18. The second-order valence-electron chi connectivity index (χ2n) is 5.13. The van der Waals surface area contributed by atoms with Crippen LogP contribution in [0.3, 0.4) is 0 Å². The number of hydrogen-bond donors (Lipinski definition) is 0. The molecule has 0 aliphatic rings. The highest BCUT2D eigenvalue weighted by Crippen LogP contribution is 2.12. The third-order valence-electron chi connectivity index (χ3n) is 2.93. The van der Waals surface area contributed by atoms with E-state index in [1.54, 1.807) is 0 Å². The van der Waals surface area contributed by atoms with E-state index < -0.39 is 0 Å². The van der Waals surface area contributed by atoms with E-state index in [0.29, 0.717) is 19.0 Å². The van der Waals surface area contributed by atoms with E-state index in [9.17, 15) is 4.39 Å². The zero-order chi connectivity index (χ0) is 15.4. The molecule has 0 nitrogen and oxygen atoms in total. The Morgan fingerprint density at radius 2 is 0.800 bits per heavy atom. The number of hydrogen-bond acceptors (Lipinski definition) is 0. The summed E-state index contributed by atoms with van der Waals surface area (Å²) in [6.07, 6.45) is 0. The maximum atomic E-state index is 9.50. The van der Waals surface area contributed by atoms with Gasteiger partial charge in [-0.2, -0.15) is 0 Å². The molecule has 0 unspecified atom stereocenters. The van der Waals surface area contributed by atoms with Crippen molar-refractivity contribution in [3.8, 4) is 0 Å². The van der Waals surface area contributed by atoms with Crippen molar-refractivity contribution < 1.29 is 4.39 Å². The van der Waals surface area contributed by atoms with Gasteiger partial charge in [-0.15, -0.1) is 0 Å². The molecule has 0 atom stereocenters. The Kier molecular flexibility index (Phi) is 10.3. The molecule has 1 heteroatoms. The number of halogens is 1. The van der Waals surface area contributed by atoms with E-state index in [1.165, 1.54) is 11.1 Å². The van der Waals surface area contributed by atoms with Crippen LogP contribution in [-0.2, 0) is 0 Å². The predicted octanol–water partition coefficient (Wildman–Crippen LogP) is 6.21. The van der Waals surface area contributed by atoms with E-state index in [2.05, 4.69) is 76.2 Å². The van der Waals surface area contributed by atoms with Crippen molar-refractivity contribution in [1.29, 1.82) is 0 Å². The lowest BCUT2D eigenvalue weighted by atomic mass is 10.0. The van der Waals surface area contributed by atoms with Gasteiger partial charge in [-0.25, -0.2) is 0 Å². The molecule has 2 rings (SSSR count). The molecule has 0 fully saturated rings. The van der Waals surface area contributed by atoms with Gasteiger partial charge >= 0.3 is 0 Å². The SMILES string of the molecule is CC(C)c1ccccc1.CC(C)c1ccccc1.CF. The van der Waals surface area contributed by atoms with Crippen LogP contribution in [0.1, 0.15) is 50.7 Å². The average molecular weight is 274 g/mol. The standard InChI is InChI=1S/2C9H12.CH3F/c2*1-8(2)9-6-4-3-5-7-9;1-2/h2*3-8H,1-2H3;1H3. The molecule has 0 radical (unpaired) electrons. The zero-order valence-corrected chi connectivity index (χ0v) is 13.3. The van der Waals surface area contributed by atoms with Crippen LogP contribution in [0.2, 0.25) is 0 Å². The zero-order valence-electron chi connectivity index (χ0n) is 13.3. The van der Waals surface area contributed by atoms with Gasteiger partial charge in [-0.05, 0) is 23.0 Å². The first-order valence-corrected chi connectivity index (χ1v) is 7.09. The fraction of sp³-hybridized carbons (Fsp3) is 0.368. The van der Waals surface area contributed by atoms with Crippen LogP contribution in [0, 0.1) is 0 Å². The molecule has 110 valence electrons. The van der Waals surface area contributed by atoms with E-state index in [-0.39, 0.29) is 0 Å². The molecule has 2 aromatic rings. The predicted molar refractivity (Wildman–Crippen MR) is 88.1 cm³/mol. The number of rotatable bonds is 2. The Balaban J connectivity index is 0.000000321. The smallest absolute Gasteiger partial charge is 0.0785 e. The minimum Gasteiger partial charge on any atom is -0.255 e.